The minimum Gasteiger partial charge on any atom is -0.495 e. The van der Waals surface area contributed by atoms with Crippen molar-refractivity contribution in [3.8, 4) is 17.0 Å². The van der Waals surface area contributed by atoms with E-state index in [2.05, 4.69) is 15.4 Å². The van der Waals surface area contributed by atoms with E-state index in [1.165, 1.54) is 25.4 Å². The van der Waals surface area contributed by atoms with Gasteiger partial charge in [-0.05, 0) is 12.1 Å². The van der Waals surface area contributed by atoms with Crippen molar-refractivity contribution < 1.29 is 17.7 Å². The number of nitrogens with one attached hydrogen (secondary N) is 1. The van der Waals surface area contributed by atoms with Gasteiger partial charge in [-0.3, -0.25) is 4.55 Å². The van der Waals surface area contributed by atoms with Gasteiger partial charge in [0.2, 0.25) is 0 Å². The van der Waals surface area contributed by atoms with E-state index in [1.807, 2.05) is 0 Å². The number of aromatic nitrogens is 3. The molecule has 0 aliphatic carbocycles. The van der Waals surface area contributed by atoms with E-state index in [1.54, 1.807) is 6.07 Å². The Balaban J connectivity index is 2.71. The predicted octanol–water partition coefficient (Wildman–Crippen LogP) is 0.727. The van der Waals surface area contributed by atoms with E-state index in [0.29, 0.717) is 11.3 Å². The number of aromatic amines is 1. The average molecular weight is 255 g/mol. The molecule has 0 unspecified atom stereocenters. The van der Waals surface area contributed by atoms with Crippen LogP contribution in [0.15, 0.2) is 29.3 Å². The van der Waals surface area contributed by atoms with Gasteiger partial charge < -0.3 is 4.74 Å². The van der Waals surface area contributed by atoms with Crippen molar-refractivity contribution in [1.29, 1.82) is 0 Å². The molecule has 0 radical (unpaired) electrons. The summed E-state index contributed by atoms with van der Waals surface area (Å²) in [6.45, 7) is 0. The van der Waals surface area contributed by atoms with Gasteiger partial charge in [0.1, 0.15) is 16.3 Å². The Labute approximate surface area is 97.2 Å². The van der Waals surface area contributed by atoms with Crippen molar-refractivity contribution in [2.24, 2.45) is 0 Å². The number of hydrogen-bond acceptors (Lipinski definition) is 5. The van der Waals surface area contributed by atoms with Gasteiger partial charge in [0, 0.05) is 5.56 Å². The molecule has 1 aromatic carbocycles. The molecule has 0 aliphatic heterocycles. The summed E-state index contributed by atoms with van der Waals surface area (Å²) in [5.74, 6) is 0.0314. The van der Waals surface area contributed by atoms with Crippen LogP contribution in [0.1, 0.15) is 0 Å². The van der Waals surface area contributed by atoms with Crippen molar-refractivity contribution in [1.82, 2.24) is 15.4 Å². The van der Waals surface area contributed by atoms with E-state index in [4.69, 9.17) is 9.29 Å². The minimum absolute atomic E-state index is 0.0314. The van der Waals surface area contributed by atoms with Crippen molar-refractivity contribution in [2.45, 2.75) is 4.90 Å². The van der Waals surface area contributed by atoms with Crippen LogP contribution >= 0.6 is 0 Å². The number of methoxy groups -OCH3 is 1. The number of nitrogens with zero attached hydrogens (tertiary/aromatic N) is 2. The maximum absolute atomic E-state index is 11.2. The third-order valence-electron chi connectivity index (χ3n) is 2.15. The molecule has 0 spiro atoms. The van der Waals surface area contributed by atoms with Crippen LogP contribution in [-0.4, -0.2) is 35.5 Å². The van der Waals surface area contributed by atoms with Crippen molar-refractivity contribution in [3.05, 3.63) is 24.4 Å². The highest BCUT2D eigenvalue weighted by atomic mass is 32.2. The molecule has 2 rings (SSSR count). The van der Waals surface area contributed by atoms with Gasteiger partial charge in [0.25, 0.3) is 10.1 Å². The second kappa shape index (κ2) is 4.15. The van der Waals surface area contributed by atoms with Gasteiger partial charge >= 0.3 is 0 Å². The van der Waals surface area contributed by atoms with Gasteiger partial charge in [-0.25, -0.2) is 0 Å². The average Bonchev–Trinajstić information content (AvgIpc) is 2.80. The second-order valence-electron chi connectivity index (χ2n) is 3.17. The van der Waals surface area contributed by atoms with Crippen molar-refractivity contribution in [2.75, 3.05) is 7.11 Å². The fraction of sp³-hybridized carbons (Fsp3) is 0.111. The lowest BCUT2D eigenvalue weighted by atomic mass is 10.1. The summed E-state index contributed by atoms with van der Waals surface area (Å²) in [6.07, 6.45) is 1.42. The molecule has 1 heterocycles. The Bertz CT molecular complexity index is 622. The van der Waals surface area contributed by atoms with E-state index in [0.717, 1.165) is 0 Å². The number of H-pyrrole nitrogens is 1. The highest BCUT2D eigenvalue weighted by Crippen LogP contribution is 2.33. The smallest absolute Gasteiger partial charge is 0.298 e. The predicted molar refractivity (Wildman–Crippen MR) is 58.2 cm³/mol. The molecule has 17 heavy (non-hydrogen) atoms. The molecule has 0 bridgehead atoms. The number of benzene rings is 1. The molecule has 0 fully saturated rings. The monoisotopic (exact) mass is 255 g/mol. The molecule has 0 aliphatic rings. The van der Waals surface area contributed by atoms with E-state index >= 15 is 0 Å². The molecule has 0 saturated heterocycles. The first-order valence-corrected chi connectivity index (χ1v) is 5.98. The number of hydrogen-bond donors (Lipinski definition) is 2. The molecule has 7 nitrogen and oxygen atoms in total. The third kappa shape index (κ3) is 2.12. The summed E-state index contributed by atoms with van der Waals surface area (Å²) < 4.78 is 36.4. The topological polar surface area (TPSA) is 105 Å². The molecule has 8 heteroatoms. The Kier molecular flexibility index (Phi) is 2.82. The van der Waals surface area contributed by atoms with Crippen LogP contribution in [0, 0.1) is 0 Å². The molecular formula is C9H9N3O4S. The quantitative estimate of drug-likeness (QED) is 0.783. The summed E-state index contributed by atoms with van der Waals surface area (Å²) in [5, 5.41) is 9.86. The minimum atomic E-state index is -4.34. The van der Waals surface area contributed by atoms with Crippen LogP contribution in [0.3, 0.4) is 0 Å². The van der Waals surface area contributed by atoms with Crippen LogP contribution in [-0.2, 0) is 10.1 Å². The van der Waals surface area contributed by atoms with Crippen LogP contribution in [0.25, 0.3) is 11.3 Å². The van der Waals surface area contributed by atoms with Crippen molar-refractivity contribution >= 4 is 10.1 Å². The third-order valence-corrected chi connectivity index (χ3v) is 3.03. The lowest BCUT2D eigenvalue weighted by Gasteiger charge is -2.09. The van der Waals surface area contributed by atoms with Crippen molar-refractivity contribution in [3.63, 3.8) is 0 Å². The molecular weight excluding hydrogens is 246 g/mol. The molecule has 0 atom stereocenters. The standard InChI is InChI=1S/C9H9N3O4S/c1-16-9-6(7-5-10-12-11-7)3-2-4-8(9)17(13,14)15/h2-5H,1H3,(H,10,11,12)(H,13,14,15). The number of ether oxygens (including phenoxy) is 1. The molecule has 0 amide bonds. The Morgan fingerprint density at radius 1 is 1.41 bits per heavy atom. The molecule has 2 N–H and O–H groups in total. The largest absolute Gasteiger partial charge is 0.495 e. The summed E-state index contributed by atoms with van der Waals surface area (Å²) in [5.41, 5.74) is 0.851. The first kappa shape index (κ1) is 11.6. The highest BCUT2D eigenvalue weighted by molar-refractivity contribution is 7.86. The Morgan fingerprint density at radius 2 is 2.18 bits per heavy atom. The van der Waals surface area contributed by atoms with Gasteiger partial charge in [0.15, 0.2) is 0 Å². The normalized spacial score (nSPS) is 11.4. The highest BCUT2D eigenvalue weighted by Gasteiger charge is 2.20. The summed E-state index contributed by atoms with van der Waals surface area (Å²) in [7, 11) is -3.03. The van der Waals surface area contributed by atoms with Gasteiger partial charge in [-0.15, -0.1) is 0 Å². The SMILES string of the molecule is COc1c(-c2cn[nH]n2)cccc1S(=O)(=O)O. The fourth-order valence-electron chi connectivity index (χ4n) is 1.46. The lowest BCUT2D eigenvalue weighted by Crippen LogP contribution is -2.02. The van der Waals surface area contributed by atoms with Crippen LogP contribution in [0.4, 0.5) is 0 Å². The maximum Gasteiger partial charge on any atom is 0.298 e. The summed E-state index contributed by atoms with van der Waals surface area (Å²) in [4.78, 5) is -0.305. The molecule has 0 saturated carbocycles. The van der Waals surface area contributed by atoms with Crippen LogP contribution in [0.2, 0.25) is 0 Å². The van der Waals surface area contributed by atoms with E-state index < -0.39 is 10.1 Å². The Hall–Kier alpha value is -1.93. The molecule has 2 aromatic rings. The zero-order valence-corrected chi connectivity index (χ0v) is 9.60. The fourth-order valence-corrected chi connectivity index (χ4v) is 2.14. The molecule has 1 aromatic heterocycles. The van der Waals surface area contributed by atoms with Gasteiger partial charge in [-0.2, -0.15) is 23.8 Å². The molecule has 90 valence electrons. The first-order valence-electron chi connectivity index (χ1n) is 4.54. The zero-order chi connectivity index (χ0) is 12.5. The van der Waals surface area contributed by atoms with E-state index in [9.17, 15) is 8.42 Å². The second-order valence-corrected chi connectivity index (χ2v) is 4.56. The zero-order valence-electron chi connectivity index (χ0n) is 8.78. The maximum atomic E-state index is 11.2. The van der Waals surface area contributed by atoms with E-state index in [-0.39, 0.29) is 10.6 Å². The first-order chi connectivity index (χ1) is 8.04. The number of para-hydroxylation sites is 1. The summed E-state index contributed by atoms with van der Waals surface area (Å²) in [6, 6.07) is 4.35. The summed E-state index contributed by atoms with van der Waals surface area (Å²) >= 11 is 0. The lowest BCUT2D eigenvalue weighted by molar-refractivity contribution is 0.399. The Morgan fingerprint density at radius 3 is 2.71 bits per heavy atom. The number of rotatable bonds is 3. The van der Waals surface area contributed by atoms with Gasteiger partial charge in [0.05, 0.1) is 13.3 Å². The van der Waals surface area contributed by atoms with Gasteiger partial charge in [-0.1, -0.05) is 6.07 Å². The van der Waals surface area contributed by atoms with Crippen LogP contribution < -0.4 is 4.74 Å². The van der Waals surface area contributed by atoms with Crippen LogP contribution in [0.5, 0.6) is 5.75 Å².